The summed E-state index contributed by atoms with van der Waals surface area (Å²) >= 11 is 1.80. The molecule has 0 bridgehead atoms. The Morgan fingerprint density at radius 2 is 2.00 bits per heavy atom. The van der Waals surface area contributed by atoms with Crippen LogP contribution in [0.1, 0.15) is 38.4 Å². The molecular weight excluding hydrogens is 366 g/mol. The van der Waals surface area contributed by atoms with Gasteiger partial charge in [0.15, 0.2) is 5.65 Å². The molecule has 0 aliphatic carbocycles. The van der Waals surface area contributed by atoms with Crippen LogP contribution in [0.5, 0.6) is 0 Å². The lowest BCUT2D eigenvalue weighted by Gasteiger charge is -2.17. The third kappa shape index (κ3) is 3.27. The first-order valence-electron chi connectivity index (χ1n) is 9.93. The van der Waals surface area contributed by atoms with Gasteiger partial charge in [-0.05, 0) is 49.5 Å². The van der Waals surface area contributed by atoms with Gasteiger partial charge in [0.05, 0.1) is 16.6 Å². The molecule has 1 aromatic carbocycles. The number of thiophene rings is 1. The van der Waals surface area contributed by atoms with Crippen LogP contribution in [0.3, 0.4) is 0 Å². The van der Waals surface area contributed by atoms with Crippen molar-refractivity contribution in [1.29, 1.82) is 0 Å². The Balaban J connectivity index is 1.96. The van der Waals surface area contributed by atoms with E-state index in [1.807, 2.05) is 11.6 Å². The van der Waals surface area contributed by atoms with Crippen LogP contribution >= 0.6 is 11.3 Å². The van der Waals surface area contributed by atoms with Crippen molar-refractivity contribution in [1.82, 2.24) is 19.9 Å². The van der Waals surface area contributed by atoms with E-state index >= 15 is 0 Å². The predicted molar refractivity (Wildman–Crippen MR) is 119 cm³/mol. The maximum atomic E-state index is 4.97. The molecule has 4 rings (SSSR count). The largest absolute Gasteiger partial charge is 0.358 e. The lowest BCUT2D eigenvalue weighted by atomic mass is 10.1. The molecule has 4 aromatic rings. The first-order valence-corrected chi connectivity index (χ1v) is 10.7. The number of fused-ring (bicyclic) bond motifs is 2. The molecule has 0 amide bonds. The highest BCUT2D eigenvalue weighted by atomic mass is 32.1. The number of rotatable bonds is 7. The van der Waals surface area contributed by atoms with E-state index < -0.39 is 0 Å². The van der Waals surface area contributed by atoms with Crippen molar-refractivity contribution in [3.8, 4) is 10.6 Å². The highest BCUT2D eigenvalue weighted by Gasteiger charge is 2.23. The summed E-state index contributed by atoms with van der Waals surface area (Å²) in [5.41, 5.74) is 3.06. The summed E-state index contributed by atoms with van der Waals surface area (Å²) in [5, 5.41) is 9.66. The number of imidazole rings is 1. The fraction of sp³-hybridized carbons (Fsp3) is 0.364. The molecule has 1 unspecified atom stereocenters. The van der Waals surface area contributed by atoms with Crippen molar-refractivity contribution >= 4 is 32.9 Å². The van der Waals surface area contributed by atoms with Gasteiger partial charge in [0, 0.05) is 18.3 Å². The molecule has 0 aliphatic rings. The summed E-state index contributed by atoms with van der Waals surface area (Å²) in [6.07, 6.45) is 2.06. The summed E-state index contributed by atoms with van der Waals surface area (Å²) in [6, 6.07) is 15.1. The molecule has 3 aromatic heterocycles. The number of benzene rings is 1. The van der Waals surface area contributed by atoms with Crippen LogP contribution in [0.25, 0.3) is 26.3 Å². The van der Waals surface area contributed by atoms with Gasteiger partial charge in [0.1, 0.15) is 11.5 Å². The summed E-state index contributed by atoms with van der Waals surface area (Å²) in [5.74, 6) is 0.971. The van der Waals surface area contributed by atoms with Crippen LogP contribution in [-0.4, -0.2) is 35.2 Å². The standard InChI is InChI=1S/C22H27N5S/c1-5-13-26(4)20-12-11-19-24-21(16(6-2)23-3)22(27(19)25-20)18-14-15-9-7-8-10-17(15)28-18/h7-12,14,16,23H,5-6,13H2,1-4H3. The second-order valence-corrected chi connectivity index (χ2v) is 8.21. The predicted octanol–water partition coefficient (Wildman–Crippen LogP) is 5.13. The highest BCUT2D eigenvalue weighted by molar-refractivity contribution is 7.22. The number of anilines is 1. The molecule has 0 aliphatic heterocycles. The van der Waals surface area contributed by atoms with Gasteiger partial charge in [0.2, 0.25) is 0 Å². The van der Waals surface area contributed by atoms with Crippen molar-refractivity contribution in [3.63, 3.8) is 0 Å². The van der Waals surface area contributed by atoms with Gasteiger partial charge in [0.25, 0.3) is 0 Å². The summed E-state index contributed by atoms with van der Waals surface area (Å²) < 4.78 is 3.32. The first kappa shape index (κ1) is 18.9. The molecule has 0 spiro atoms. The van der Waals surface area contributed by atoms with Crippen molar-refractivity contribution in [2.45, 2.75) is 32.7 Å². The smallest absolute Gasteiger partial charge is 0.154 e. The molecule has 6 heteroatoms. The van der Waals surface area contributed by atoms with Gasteiger partial charge in [-0.1, -0.05) is 32.0 Å². The van der Waals surface area contributed by atoms with E-state index in [9.17, 15) is 0 Å². The zero-order valence-electron chi connectivity index (χ0n) is 16.9. The quantitative estimate of drug-likeness (QED) is 0.473. The van der Waals surface area contributed by atoms with Gasteiger partial charge in [-0.15, -0.1) is 16.4 Å². The lowest BCUT2D eigenvalue weighted by Crippen LogP contribution is -2.20. The number of hydrogen-bond acceptors (Lipinski definition) is 5. The SMILES string of the molecule is CCCN(C)c1ccc2nc(C(CC)NC)c(-c3cc4ccccc4s3)n2n1. The topological polar surface area (TPSA) is 45.5 Å². The monoisotopic (exact) mass is 393 g/mol. The summed E-state index contributed by atoms with van der Waals surface area (Å²) in [7, 11) is 4.10. The molecule has 28 heavy (non-hydrogen) atoms. The Morgan fingerprint density at radius 1 is 1.18 bits per heavy atom. The number of nitrogens with zero attached hydrogens (tertiary/aromatic N) is 4. The summed E-state index contributed by atoms with van der Waals surface area (Å²) in [6.45, 7) is 5.35. The Morgan fingerprint density at radius 3 is 2.71 bits per heavy atom. The minimum absolute atomic E-state index is 0.193. The third-order valence-electron chi connectivity index (χ3n) is 5.19. The lowest BCUT2D eigenvalue weighted by molar-refractivity contribution is 0.566. The molecule has 0 fully saturated rings. The Labute approximate surface area is 170 Å². The van der Waals surface area contributed by atoms with Gasteiger partial charge >= 0.3 is 0 Å². The van der Waals surface area contributed by atoms with Gasteiger partial charge in [-0.3, -0.25) is 0 Å². The fourth-order valence-electron chi connectivity index (χ4n) is 3.70. The average molecular weight is 394 g/mol. The maximum absolute atomic E-state index is 4.97. The van der Waals surface area contributed by atoms with E-state index in [2.05, 4.69) is 73.6 Å². The molecule has 0 saturated carbocycles. The maximum Gasteiger partial charge on any atom is 0.154 e. The van der Waals surface area contributed by atoms with Crippen LogP contribution in [-0.2, 0) is 0 Å². The first-order chi connectivity index (χ1) is 13.7. The summed E-state index contributed by atoms with van der Waals surface area (Å²) in [4.78, 5) is 8.38. The zero-order chi connectivity index (χ0) is 19.7. The molecule has 0 radical (unpaired) electrons. The molecule has 0 saturated heterocycles. The van der Waals surface area contributed by atoms with Crippen LogP contribution in [0.15, 0.2) is 42.5 Å². The highest BCUT2D eigenvalue weighted by Crippen LogP contribution is 2.38. The van der Waals surface area contributed by atoms with E-state index in [1.165, 1.54) is 15.0 Å². The molecular formula is C22H27N5S. The molecule has 3 heterocycles. The zero-order valence-corrected chi connectivity index (χ0v) is 17.8. The van der Waals surface area contributed by atoms with Crippen LogP contribution in [0.2, 0.25) is 0 Å². The number of hydrogen-bond donors (Lipinski definition) is 1. The number of aromatic nitrogens is 3. The van der Waals surface area contributed by atoms with Gasteiger partial charge in [-0.2, -0.15) is 0 Å². The molecule has 146 valence electrons. The van der Waals surface area contributed by atoms with Gasteiger partial charge < -0.3 is 10.2 Å². The van der Waals surface area contributed by atoms with E-state index in [0.29, 0.717) is 0 Å². The van der Waals surface area contributed by atoms with Crippen LogP contribution in [0.4, 0.5) is 5.82 Å². The van der Waals surface area contributed by atoms with E-state index in [0.717, 1.165) is 42.2 Å². The minimum atomic E-state index is 0.193. The third-order valence-corrected chi connectivity index (χ3v) is 6.31. The average Bonchev–Trinajstić information content (AvgIpc) is 3.29. The molecule has 1 atom stereocenters. The second kappa shape index (κ2) is 7.89. The molecule has 5 nitrogen and oxygen atoms in total. The van der Waals surface area contributed by atoms with Crippen molar-refractivity contribution in [3.05, 3.63) is 48.2 Å². The van der Waals surface area contributed by atoms with E-state index in [-0.39, 0.29) is 6.04 Å². The van der Waals surface area contributed by atoms with Crippen molar-refractivity contribution < 1.29 is 0 Å². The van der Waals surface area contributed by atoms with E-state index in [1.54, 1.807) is 11.3 Å². The van der Waals surface area contributed by atoms with E-state index in [4.69, 9.17) is 10.1 Å². The number of nitrogens with one attached hydrogen (secondary N) is 1. The van der Waals surface area contributed by atoms with Crippen molar-refractivity contribution in [2.75, 3.05) is 25.5 Å². The Hall–Kier alpha value is -2.44. The normalized spacial score (nSPS) is 12.7. The Kier molecular flexibility index (Phi) is 5.33. The molecule has 1 N–H and O–H groups in total. The van der Waals surface area contributed by atoms with Crippen LogP contribution < -0.4 is 10.2 Å². The fourth-order valence-corrected chi connectivity index (χ4v) is 4.80. The van der Waals surface area contributed by atoms with Crippen LogP contribution in [0, 0.1) is 0 Å². The second-order valence-electron chi connectivity index (χ2n) is 7.13. The Bertz CT molecular complexity index is 1060. The van der Waals surface area contributed by atoms with Crippen molar-refractivity contribution in [2.24, 2.45) is 0 Å². The minimum Gasteiger partial charge on any atom is -0.358 e. The van der Waals surface area contributed by atoms with Gasteiger partial charge in [-0.25, -0.2) is 9.50 Å².